The van der Waals surface area contributed by atoms with E-state index < -0.39 is 17.3 Å². The summed E-state index contributed by atoms with van der Waals surface area (Å²) in [5, 5.41) is 12.0. The molecule has 0 heterocycles. The maximum Gasteiger partial charge on any atom is 0.310 e. The summed E-state index contributed by atoms with van der Waals surface area (Å²) in [4.78, 5) is 23.9. The zero-order valence-corrected chi connectivity index (χ0v) is 16.2. The van der Waals surface area contributed by atoms with Crippen LogP contribution in [0, 0.1) is 0 Å². The van der Waals surface area contributed by atoms with Crippen molar-refractivity contribution in [2.24, 2.45) is 0 Å². The van der Waals surface area contributed by atoms with Gasteiger partial charge in [0.15, 0.2) is 11.5 Å². The van der Waals surface area contributed by atoms with Crippen molar-refractivity contribution in [3.63, 3.8) is 0 Å². The SMILES string of the molecule is COc1ccc(C(C)(C)C(=O)Nc2ccc(C(C)C(=O)O)cc2)cc1OC. The fourth-order valence-corrected chi connectivity index (χ4v) is 2.64. The van der Waals surface area contributed by atoms with E-state index in [1.54, 1.807) is 57.5 Å². The third kappa shape index (κ3) is 4.39. The minimum atomic E-state index is -0.888. The summed E-state index contributed by atoms with van der Waals surface area (Å²) in [6, 6.07) is 12.2. The Labute approximate surface area is 159 Å². The number of hydrogen-bond donors (Lipinski definition) is 2. The minimum Gasteiger partial charge on any atom is -0.493 e. The molecule has 6 heteroatoms. The zero-order valence-electron chi connectivity index (χ0n) is 16.2. The van der Waals surface area contributed by atoms with Gasteiger partial charge in [-0.3, -0.25) is 9.59 Å². The van der Waals surface area contributed by atoms with Crippen LogP contribution in [0.5, 0.6) is 11.5 Å². The normalized spacial score (nSPS) is 12.2. The molecule has 0 aliphatic heterocycles. The molecule has 1 amide bonds. The van der Waals surface area contributed by atoms with Crippen LogP contribution in [0.15, 0.2) is 42.5 Å². The molecule has 2 rings (SSSR count). The molecule has 144 valence electrons. The lowest BCUT2D eigenvalue weighted by Crippen LogP contribution is -2.34. The van der Waals surface area contributed by atoms with Crippen LogP contribution in [0.1, 0.15) is 37.8 Å². The molecule has 0 fully saturated rings. The van der Waals surface area contributed by atoms with E-state index in [1.807, 2.05) is 19.9 Å². The largest absolute Gasteiger partial charge is 0.493 e. The van der Waals surface area contributed by atoms with Crippen LogP contribution in [-0.2, 0) is 15.0 Å². The van der Waals surface area contributed by atoms with Crippen molar-refractivity contribution in [2.45, 2.75) is 32.1 Å². The van der Waals surface area contributed by atoms with Crippen molar-refractivity contribution in [2.75, 3.05) is 19.5 Å². The third-order valence-electron chi connectivity index (χ3n) is 4.71. The van der Waals surface area contributed by atoms with E-state index in [0.29, 0.717) is 22.7 Å². The molecule has 6 nitrogen and oxygen atoms in total. The Bertz CT molecular complexity index is 827. The van der Waals surface area contributed by atoms with E-state index in [1.165, 1.54) is 0 Å². The van der Waals surface area contributed by atoms with Crippen molar-refractivity contribution >= 4 is 17.6 Å². The summed E-state index contributed by atoms with van der Waals surface area (Å²) in [6.07, 6.45) is 0. The predicted octanol–water partition coefficient (Wildman–Crippen LogP) is 3.81. The average Bonchev–Trinajstić information content (AvgIpc) is 2.67. The first kappa shape index (κ1) is 20.3. The lowest BCUT2D eigenvalue weighted by molar-refractivity contribution is -0.138. The first-order valence-corrected chi connectivity index (χ1v) is 8.57. The van der Waals surface area contributed by atoms with E-state index in [-0.39, 0.29) is 5.91 Å². The molecule has 2 N–H and O–H groups in total. The van der Waals surface area contributed by atoms with Crippen molar-refractivity contribution in [1.82, 2.24) is 0 Å². The number of ether oxygens (including phenoxy) is 2. The topological polar surface area (TPSA) is 84.9 Å². The molecule has 0 radical (unpaired) electrons. The Morgan fingerprint density at radius 3 is 2.11 bits per heavy atom. The van der Waals surface area contributed by atoms with Gasteiger partial charge in [0.2, 0.25) is 5.91 Å². The maximum atomic E-state index is 12.8. The smallest absolute Gasteiger partial charge is 0.310 e. The van der Waals surface area contributed by atoms with Crippen LogP contribution in [0.4, 0.5) is 5.69 Å². The van der Waals surface area contributed by atoms with Crippen molar-refractivity contribution in [1.29, 1.82) is 0 Å². The van der Waals surface area contributed by atoms with E-state index in [9.17, 15) is 9.59 Å². The van der Waals surface area contributed by atoms with Crippen LogP contribution < -0.4 is 14.8 Å². The summed E-state index contributed by atoms with van der Waals surface area (Å²) < 4.78 is 10.6. The van der Waals surface area contributed by atoms with E-state index >= 15 is 0 Å². The summed E-state index contributed by atoms with van der Waals surface area (Å²) in [5.41, 5.74) is 1.26. The summed E-state index contributed by atoms with van der Waals surface area (Å²) >= 11 is 0. The van der Waals surface area contributed by atoms with Gasteiger partial charge in [0.25, 0.3) is 0 Å². The number of methoxy groups -OCH3 is 2. The second-order valence-electron chi connectivity index (χ2n) is 6.83. The number of carboxylic acid groups (broad SMARTS) is 1. The number of amides is 1. The summed E-state index contributed by atoms with van der Waals surface area (Å²) in [7, 11) is 3.11. The van der Waals surface area contributed by atoms with Crippen molar-refractivity contribution in [3.8, 4) is 11.5 Å². The molecular weight excluding hydrogens is 346 g/mol. The Balaban J connectivity index is 2.20. The monoisotopic (exact) mass is 371 g/mol. The fourth-order valence-electron chi connectivity index (χ4n) is 2.64. The van der Waals surface area contributed by atoms with Gasteiger partial charge in [-0.15, -0.1) is 0 Å². The van der Waals surface area contributed by atoms with Crippen LogP contribution in [0.25, 0.3) is 0 Å². The highest BCUT2D eigenvalue weighted by atomic mass is 16.5. The highest BCUT2D eigenvalue weighted by Gasteiger charge is 2.31. The molecule has 0 spiro atoms. The van der Waals surface area contributed by atoms with Gasteiger partial charge in [-0.1, -0.05) is 18.2 Å². The Morgan fingerprint density at radius 2 is 1.59 bits per heavy atom. The van der Waals surface area contributed by atoms with Gasteiger partial charge in [-0.25, -0.2) is 0 Å². The van der Waals surface area contributed by atoms with Crippen molar-refractivity contribution in [3.05, 3.63) is 53.6 Å². The molecular formula is C21H25NO5. The second kappa shape index (κ2) is 8.12. The number of carbonyl (C=O) groups is 2. The van der Waals surface area contributed by atoms with Crippen LogP contribution >= 0.6 is 0 Å². The maximum absolute atomic E-state index is 12.8. The third-order valence-corrected chi connectivity index (χ3v) is 4.71. The van der Waals surface area contributed by atoms with Gasteiger partial charge in [0.05, 0.1) is 25.6 Å². The van der Waals surface area contributed by atoms with Crippen molar-refractivity contribution < 1.29 is 24.2 Å². The number of hydrogen-bond acceptors (Lipinski definition) is 4. The predicted molar refractivity (Wildman–Crippen MR) is 104 cm³/mol. The summed E-state index contributed by atoms with van der Waals surface area (Å²) in [6.45, 7) is 5.27. The van der Waals surface area contributed by atoms with Gasteiger partial charge in [0.1, 0.15) is 0 Å². The molecule has 0 aliphatic rings. The molecule has 0 bridgehead atoms. The fraction of sp³-hybridized carbons (Fsp3) is 0.333. The van der Waals surface area contributed by atoms with E-state index in [0.717, 1.165) is 5.56 Å². The standard InChI is InChI=1S/C21H25NO5/c1-13(19(23)24)14-6-9-16(10-7-14)22-20(25)21(2,3)15-8-11-17(26-4)18(12-15)27-5/h6-13H,1-5H3,(H,22,25)(H,23,24). The number of benzene rings is 2. The van der Waals surface area contributed by atoms with Gasteiger partial charge >= 0.3 is 5.97 Å². The number of rotatable bonds is 7. The van der Waals surface area contributed by atoms with Gasteiger partial charge in [-0.2, -0.15) is 0 Å². The average molecular weight is 371 g/mol. The number of carbonyl (C=O) groups excluding carboxylic acids is 1. The number of anilines is 1. The minimum absolute atomic E-state index is 0.186. The Kier molecular flexibility index (Phi) is 6.10. The Morgan fingerprint density at radius 1 is 1.00 bits per heavy atom. The number of nitrogens with one attached hydrogen (secondary N) is 1. The van der Waals surface area contributed by atoms with E-state index in [4.69, 9.17) is 14.6 Å². The number of aliphatic carboxylic acids is 1. The molecule has 0 saturated carbocycles. The lowest BCUT2D eigenvalue weighted by Gasteiger charge is -2.25. The van der Waals surface area contributed by atoms with Crippen LogP contribution in [0.3, 0.4) is 0 Å². The number of carboxylic acids is 1. The summed E-state index contributed by atoms with van der Waals surface area (Å²) in [5.74, 6) is -0.517. The lowest BCUT2D eigenvalue weighted by atomic mass is 9.83. The molecule has 27 heavy (non-hydrogen) atoms. The highest BCUT2D eigenvalue weighted by molar-refractivity contribution is 5.98. The molecule has 1 atom stereocenters. The molecule has 2 aromatic rings. The first-order valence-electron chi connectivity index (χ1n) is 8.57. The molecule has 0 saturated heterocycles. The second-order valence-corrected chi connectivity index (χ2v) is 6.83. The van der Waals surface area contributed by atoms with Crippen LogP contribution in [-0.4, -0.2) is 31.2 Å². The van der Waals surface area contributed by atoms with E-state index in [2.05, 4.69) is 5.32 Å². The molecule has 0 aromatic heterocycles. The quantitative estimate of drug-likeness (QED) is 0.773. The van der Waals surface area contributed by atoms with Gasteiger partial charge in [0, 0.05) is 5.69 Å². The molecule has 2 aromatic carbocycles. The highest BCUT2D eigenvalue weighted by Crippen LogP contribution is 2.34. The van der Waals surface area contributed by atoms with Gasteiger partial charge in [-0.05, 0) is 56.2 Å². The van der Waals surface area contributed by atoms with Crippen LogP contribution in [0.2, 0.25) is 0 Å². The molecule has 1 unspecified atom stereocenters. The molecule has 0 aliphatic carbocycles. The van der Waals surface area contributed by atoms with Gasteiger partial charge < -0.3 is 19.9 Å². The zero-order chi connectivity index (χ0) is 20.2. The Hall–Kier alpha value is -3.02. The first-order chi connectivity index (χ1) is 12.7.